The van der Waals surface area contributed by atoms with Gasteiger partial charge in [0.25, 0.3) is 10.0 Å². The molecule has 0 fully saturated rings. The number of hydrogen-bond donors (Lipinski definition) is 2. The van der Waals surface area contributed by atoms with E-state index in [1.165, 1.54) is 0 Å². The summed E-state index contributed by atoms with van der Waals surface area (Å²) in [7, 11) is -3.78. The Labute approximate surface area is 169 Å². The van der Waals surface area contributed by atoms with Crippen molar-refractivity contribution >= 4 is 55.0 Å². The normalized spacial score (nSPS) is 11.6. The first-order chi connectivity index (χ1) is 12.2. The molecule has 5 nitrogen and oxygen atoms in total. The third-order valence-electron chi connectivity index (χ3n) is 3.73. The number of nitrogens with one attached hydrogen (secondary N) is 2. The molecule has 0 aliphatic carbocycles. The molecule has 1 aromatic heterocycles. The maximum atomic E-state index is 12.8. The third kappa shape index (κ3) is 3.91. The quantitative estimate of drug-likeness (QED) is 0.519. The summed E-state index contributed by atoms with van der Waals surface area (Å²) < 4.78 is 28.9. The van der Waals surface area contributed by atoms with Crippen molar-refractivity contribution in [3.8, 4) is 11.3 Å². The van der Waals surface area contributed by atoms with Crippen molar-refractivity contribution in [2.45, 2.75) is 18.7 Å². The molecular formula is C17H14BrCl2N3O2S. The summed E-state index contributed by atoms with van der Waals surface area (Å²) in [6.07, 6.45) is 0. The maximum absolute atomic E-state index is 12.8. The standard InChI is InChI=1S/C17H14BrCl2N3O2S/c1-9-5-11(18)6-10(2)17(9)26(24,25)23-16-8-15(21-22-16)13-4-3-12(19)7-14(13)20/h3-8H,1-2H3,(H2,21,22,23). The van der Waals surface area contributed by atoms with Crippen LogP contribution in [0.15, 0.2) is 45.8 Å². The molecule has 0 spiro atoms. The molecule has 0 amide bonds. The highest BCUT2D eigenvalue weighted by molar-refractivity contribution is 9.10. The molecule has 9 heteroatoms. The van der Waals surface area contributed by atoms with E-state index in [1.807, 2.05) is 0 Å². The number of anilines is 1. The SMILES string of the molecule is Cc1cc(Br)cc(C)c1S(=O)(=O)Nc1cc(-c2ccc(Cl)cc2Cl)[nH]n1. The lowest BCUT2D eigenvalue weighted by atomic mass is 10.1. The molecule has 0 unspecified atom stereocenters. The van der Waals surface area contributed by atoms with Gasteiger partial charge in [0.1, 0.15) is 0 Å². The smallest absolute Gasteiger partial charge is 0.263 e. The van der Waals surface area contributed by atoms with Crippen LogP contribution in [0.3, 0.4) is 0 Å². The summed E-state index contributed by atoms with van der Waals surface area (Å²) in [6.45, 7) is 3.49. The molecule has 0 aliphatic rings. The van der Waals surface area contributed by atoms with Gasteiger partial charge in [-0.05, 0) is 55.3 Å². The zero-order valence-corrected chi connectivity index (χ0v) is 17.7. The molecular weight excluding hydrogens is 461 g/mol. The molecule has 2 aromatic carbocycles. The monoisotopic (exact) mass is 473 g/mol. The lowest BCUT2D eigenvalue weighted by Gasteiger charge is -2.12. The van der Waals surface area contributed by atoms with Crippen LogP contribution in [0.5, 0.6) is 0 Å². The van der Waals surface area contributed by atoms with E-state index in [0.29, 0.717) is 32.4 Å². The molecule has 136 valence electrons. The number of aryl methyl sites for hydroxylation is 2. The van der Waals surface area contributed by atoms with Crippen LogP contribution in [0.2, 0.25) is 10.0 Å². The number of benzene rings is 2. The fraction of sp³-hybridized carbons (Fsp3) is 0.118. The fourth-order valence-corrected chi connectivity index (χ4v) is 5.37. The lowest BCUT2D eigenvalue weighted by molar-refractivity contribution is 0.599. The minimum absolute atomic E-state index is 0.174. The van der Waals surface area contributed by atoms with E-state index in [0.717, 1.165) is 4.47 Å². The number of H-pyrrole nitrogens is 1. The van der Waals surface area contributed by atoms with Gasteiger partial charge in [-0.25, -0.2) is 8.42 Å². The highest BCUT2D eigenvalue weighted by Gasteiger charge is 2.21. The highest BCUT2D eigenvalue weighted by Crippen LogP contribution is 2.31. The molecule has 3 aromatic rings. The highest BCUT2D eigenvalue weighted by atomic mass is 79.9. The van der Waals surface area contributed by atoms with Gasteiger partial charge in [-0.1, -0.05) is 39.1 Å². The number of halogens is 3. The first-order valence-electron chi connectivity index (χ1n) is 7.48. The maximum Gasteiger partial charge on any atom is 0.263 e. The van der Waals surface area contributed by atoms with Gasteiger partial charge in [-0.15, -0.1) is 0 Å². The van der Waals surface area contributed by atoms with E-state index < -0.39 is 10.0 Å². The van der Waals surface area contributed by atoms with E-state index >= 15 is 0 Å². The average Bonchev–Trinajstić information content (AvgIpc) is 2.92. The van der Waals surface area contributed by atoms with Crippen LogP contribution in [0.1, 0.15) is 11.1 Å². The molecule has 0 atom stereocenters. The Morgan fingerprint density at radius 3 is 2.35 bits per heavy atom. The number of nitrogens with zero attached hydrogens (tertiary/aromatic N) is 1. The first-order valence-corrected chi connectivity index (χ1v) is 10.5. The molecule has 0 radical (unpaired) electrons. The van der Waals surface area contributed by atoms with Gasteiger partial charge in [0.05, 0.1) is 15.6 Å². The van der Waals surface area contributed by atoms with Crippen LogP contribution in [0.4, 0.5) is 5.82 Å². The number of aromatic nitrogens is 2. The van der Waals surface area contributed by atoms with Gasteiger partial charge in [0, 0.05) is 21.1 Å². The van der Waals surface area contributed by atoms with Gasteiger partial charge in [-0.2, -0.15) is 5.10 Å². The summed E-state index contributed by atoms with van der Waals surface area (Å²) in [5.41, 5.74) is 2.53. The number of hydrogen-bond acceptors (Lipinski definition) is 3. The van der Waals surface area contributed by atoms with Gasteiger partial charge in [0.15, 0.2) is 5.82 Å². The second kappa shape index (κ2) is 7.23. The largest absolute Gasteiger partial charge is 0.276 e. The fourth-order valence-electron chi connectivity index (χ4n) is 2.73. The van der Waals surface area contributed by atoms with Gasteiger partial charge >= 0.3 is 0 Å². The molecule has 0 aliphatic heterocycles. The van der Waals surface area contributed by atoms with E-state index in [2.05, 4.69) is 30.8 Å². The third-order valence-corrected chi connectivity index (χ3v) is 6.40. The molecule has 3 rings (SSSR count). The summed E-state index contributed by atoms with van der Waals surface area (Å²) in [5, 5.41) is 7.76. The Bertz CT molecular complexity index is 1070. The van der Waals surface area contributed by atoms with Crippen LogP contribution in [0, 0.1) is 13.8 Å². The topological polar surface area (TPSA) is 74.8 Å². The van der Waals surface area contributed by atoms with Crippen LogP contribution in [-0.4, -0.2) is 18.6 Å². The summed E-state index contributed by atoms with van der Waals surface area (Å²) >= 11 is 15.5. The van der Waals surface area contributed by atoms with E-state index in [-0.39, 0.29) is 10.7 Å². The Kier molecular flexibility index (Phi) is 5.35. The Hall–Kier alpha value is -1.54. The summed E-state index contributed by atoms with van der Waals surface area (Å²) in [4.78, 5) is 0.231. The summed E-state index contributed by atoms with van der Waals surface area (Å²) in [5.74, 6) is 0.174. The number of rotatable bonds is 4. The molecule has 2 N–H and O–H groups in total. The first kappa shape index (κ1) is 19.2. The van der Waals surface area contributed by atoms with E-state index in [1.54, 1.807) is 50.2 Å². The van der Waals surface area contributed by atoms with Gasteiger partial charge in [0.2, 0.25) is 0 Å². The van der Waals surface area contributed by atoms with Crippen molar-refractivity contribution in [1.29, 1.82) is 0 Å². The van der Waals surface area contributed by atoms with Crippen molar-refractivity contribution in [3.63, 3.8) is 0 Å². The van der Waals surface area contributed by atoms with E-state index in [4.69, 9.17) is 23.2 Å². The Morgan fingerprint density at radius 2 is 1.73 bits per heavy atom. The minimum Gasteiger partial charge on any atom is -0.276 e. The van der Waals surface area contributed by atoms with Crippen LogP contribution in [-0.2, 0) is 10.0 Å². The van der Waals surface area contributed by atoms with Crippen LogP contribution < -0.4 is 4.72 Å². The zero-order valence-electron chi connectivity index (χ0n) is 13.8. The molecule has 1 heterocycles. The Balaban J connectivity index is 1.94. The number of aromatic amines is 1. The van der Waals surface area contributed by atoms with Crippen LogP contribution >= 0.6 is 39.1 Å². The lowest BCUT2D eigenvalue weighted by Crippen LogP contribution is -2.16. The van der Waals surface area contributed by atoms with Crippen molar-refractivity contribution < 1.29 is 8.42 Å². The zero-order chi connectivity index (χ0) is 19.1. The molecule has 0 saturated heterocycles. The summed E-state index contributed by atoms with van der Waals surface area (Å²) in [6, 6.07) is 10.1. The van der Waals surface area contributed by atoms with Crippen molar-refractivity contribution in [1.82, 2.24) is 10.2 Å². The van der Waals surface area contributed by atoms with E-state index in [9.17, 15) is 8.42 Å². The average molecular weight is 475 g/mol. The van der Waals surface area contributed by atoms with Gasteiger partial charge < -0.3 is 0 Å². The second-order valence-corrected chi connectivity index (χ2v) is 9.14. The molecule has 26 heavy (non-hydrogen) atoms. The van der Waals surface area contributed by atoms with Gasteiger partial charge in [-0.3, -0.25) is 9.82 Å². The number of sulfonamides is 1. The Morgan fingerprint density at radius 1 is 1.08 bits per heavy atom. The predicted molar refractivity (Wildman–Crippen MR) is 108 cm³/mol. The van der Waals surface area contributed by atoms with Crippen LogP contribution in [0.25, 0.3) is 11.3 Å². The van der Waals surface area contributed by atoms with Crippen molar-refractivity contribution in [2.24, 2.45) is 0 Å². The molecule has 0 bridgehead atoms. The van der Waals surface area contributed by atoms with Crippen molar-refractivity contribution in [2.75, 3.05) is 4.72 Å². The second-order valence-electron chi connectivity index (χ2n) is 5.77. The van der Waals surface area contributed by atoms with Crippen molar-refractivity contribution in [3.05, 3.63) is 62.0 Å². The molecule has 0 saturated carbocycles. The predicted octanol–water partition coefficient (Wildman–Crippen LogP) is 5.56. The minimum atomic E-state index is -3.78.